The van der Waals surface area contributed by atoms with Crippen molar-refractivity contribution in [1.29, 1.82) is 0 Å². The van der Waals surface area contributed by atoms with Gasteiger partial charge >= 0.3 is 6.09 Å². The molecule has 0 aliphatic heterocycles. The van der Waals surface area contributed by atoms with Crippen LogP contribution in [0.25, 0.3) is 0 Å². The maximum Gasteiger partial charge on any atom is 0.408 e. The van der Waals surface area contributed by atoms with Crippen molar-refractivity contribution in [1.82, 2.24) is 5.32 Å². The smallest absolute Gasteiger partial charge is 0.408 e. The third-order valence-corrected chi connectivity index (χ3v) is 3.83. The highest BCUT2D eigenvalue weighted by molar-refractivity contribution is 9.11. The molecule has 0 aromatic heterocycles. The van der Waals surface area contributed by atoms with Crippen molar-refractivity contribution in [2.75, 3.05) is 12.9 Å². The van der Waals surface area contributed by atoms with Crippen molar-refractivity contribution in [2.45, 2.75) is 38.8 Å². The molecule has 0 bridgehead atoms. The van der Waals surface area contributed by atoms with Crippen molar-refractivity contribution in [3.8, 4) is 0 Å². The Morgan fingerprint density at radius 2 is 1.88 bits per heavy atom. The molecule has 8 heteroatoms. The fourth-order valence-corrected chi connectivity index (χ4v) is 2.83. The quantitative estimate of drug-likeness (QED) is 0.666. The van der Waals surface area contributed by atoms with Crippen LogP contribution in [0.5, 0.6) is 0 Å². The Morgan fingerprint density at radius 1 is 1.28 bits per heavy atom. The van der Waals surface area contributed by atoms with Crippen molar-refractivity contribution < 1.29 is 22.1 Å². The molecule has 0 saturated heterocycles. The lowest BCUT2D eigenvalue weighted by Gasteiger charge is -2.22. The fourth-order valence-electron chi connectivity index (χ4n) is 1.91. The molecule has 0 fully saturated rings. The zero-order valence-corrected chi connectivity index (χ0v) is 17.2. The second kappa shape index (κ2) is 9.35. The van der Waals surface area contributed by atoms with E-state index in [0.29, 0.717) is 10.9 Å². The first-order valence-electron chi connectivity index (χ1n) is 7.69. The van der Waals surface area contributed by atoms with Gasteiger partial charge in [0, 0.05) is 4.48 Å². The maximum absolute atomic E-state index is 12.1. The van der Waals surface area contributed by atoms with E-state index in [1.807, 2.05) is 30.3 Å². The average Bonchev–Trinajstić information content (AvgIpc) is 2.43. The summed E-state index contributed by atoms with van der Waals surface area (Å²) in [6, 6.07) is 9.22. The van der Waals surface area contributed by atoms with Gasteiger partial charge in [0.2, 0.25) is 0 Å². The number of carbonyl (C=O) groups is 1. The average molecular weight is 434 g/mol. The molecule has 1 aromatic rings. The fraction of sp³-hybridized carbons (Fsp3) is 0.471. The summed E-state index contributed by atoms with van der Waals surface area (Å²) in [4.78, 5) is 12.1. The largest absolute Gasteiger partial charge is 0.444 e. The van der Waals surface area contributed by atoms with E-state index in [1.165, 1.54) is 0 Å². The molecule has 6 nitrogen and oxygen atoms in total. The predicted octanol–water partition coefficient (Wildman–Crippen LogP) is 3.38. The van der Waals surface area contributed by atoms with Crippen LogP contribution in [0.1, 0.15) is 26.3 Å². The number of alkyl carbamates (subject to hydrolysis) is 1. The molecule has 0 unspecified atom stereocenters. The minimum atomic E-state index is -3.54. The number of rotatable bonds is 7. The van der Waals surface area contributed by atoms with Gasteiger partial charge in [-0.15, -0.1) is 0 Å². The van der Waals surface area contributed by atoms with Crippen LogP contribution in [0.15, 0.2) is 40.9 Å². The first-order valence-corrected chi connectivity index (χ1v) is 10.3. The lowest BCUT2D eigenvalue weighted by atomic mass is 10.1. The summed E-state index contributed by atoms with van der Waals surface area (Å²) < 4.78 is 32.7. The van der Waals surface area contributed by atoms with Crippen molar-refractivity contribution in [3.63, 3.8) is 0 Å². The van der Waals surface area contributed by atoms with Gasteiger partial charge in [0.05, 0.1) is 18.9 Å². The number of benzene rings is 1. The number of hydrogen-bond acceptors (Lipinski definition) is 5. The highest BCUT2D eigenvalue weighted by Crippen LogP contribution is 2.13. The standard InChI is InChI=1S/C17H24BrNO5S/c1-17(2,3)24-16(20)19-15(10-13-8-6-5-7-9-13)11-14(18)12-23-25(4,21)22/h5-9,11,15H,10,12H2,1-4H3,(H,19,20)/b14-11-/t15-/m0/s1. The molecular weight excluding hydrogens is 410 g/mol. The highest BCUT2D eigenvalue weighted by atomic mass is 79.9. The molecule has 1 amide bonds. The molecule has 0 spiro atoms. The van der Waals surface area contributed by atoms with Crippen molar-refractivity contribution >= 4 is 32.1 Å². The molecule has 1 atom stereocenters. The summed E-state index contributed by atoms with van der Waals surface area (Å²) >= 11 is 3.28. The van der Waals surface area contributed by atoms with Crippen LogP contribution in [-0.4, -0.2) is 39.0 Å². The number of halogens is 1. The summed E-state index contributed by atoms with van der Waals surface area (Å²) in [6.45, 7) is 5.21. The Kier molecular flexibility index (Phi) is 8.11. The lowest BCUT2D eigenvalue weighted by Crippen LogP contribution is -2.39. The second-order valence-electron chi connectivity index (χ2n) is 6.52. The van der Waals surface area contributed by atoms with E-state index in [4.69, 9.17) is 8.92 Å². The molecule has 0 aliphatic carbocycles. The third-order valence-electron chi connectivity index (χ3n) is 2.79. The van der Waals surface area contributed by atoms with E-state index in [2.05, 4.69) is 21.2 Å². The maximum atomic E-state index is 12.1. The minimum Gasteiger partial charge on any atom is -0.444 e. The summed E-state index contributed by atoms with van der Waals surface area (Å²) in [5.41, 5.74) is 0.408. The summed E-state index contributed by atoms with van der Waals surface area (Å²) in [5, 5.41) is 2.78. The summed E-state index contributed by atoms with van der Waals surface area (Å²) in [5.74, 6) is 0. The van der Waals surface area contributed by atoms with Crippen LogP contribution in [0.4, 0.5) is 4.79 Å². The zero-order valence-electron chi connectivity index (χ0n) is 14.8. The van der Waals surface area contributed by atoms with Gasteiger partial charge in [0.1, 0.15) is 5.60 Å². The predicted molar refractivity (Wildman–Crippen MR) is 101 cm³/mol. The Hall–Kier alpha value is -1.38. The number of hydrogen-bond donors (Lipinski definition) is 1. The van der Waals surface area contributed by atoms with Gasteiger partial charge in [-0.3, -0.25) is 4.18 Å². The molecule has 0 saturated carbocycles. The van der Waals surface area contributed by atoms with Gasteiger partial charge in [-0.2, -0.15) is 8.42 Å². The van der Waals surface area contributed by atoms with Crippen molar-refractivity contribution in [2.24, 2.45) is 0 Å². The van der Waals surface area contributed by atoms with E-state index < -0.39 is 27.9 Å². The zero-order chi connectivity index (χ0) is 19.1. The molecule has 1 N–H and O–H groups in total. The Morgan fingerprint density at radius 3 is 2.40 bits per heavy atom. The SMILES string of the molecule is CC(C)(C)OC(=O)N[C@H](/C=C(\Br)COS(C)(=O)=O)Cc1ccccc1. The first kappa shape index (κ1) is 21.7. The molecule has 1 aromatic carbocycles. The van der Waals surface area contributed by atoms with E-state index in [0.717, 1.165) is 11.8 Å². The Bertz CT molecular complexity index is 695. The van der Waals surface area contributed by atoms with E-state index in [-0.39, 0.29) is 6.61 Å². The molecular formula is C17H24BrNO5S. The van der Waals surface area contributed by atoms with Gasteiger partial charge in [-0.1, -0.05) is 46.3 Å². The Labute approximate surface area is 157 Å². The van der Waals surface area contributed by atoms with Gasteiger partial charge < -0.3 is 10.1 Å². The van der Waals surface area contributed by atoms with Crippen LogP contribution in [-0.2, 0) is 25.5 Å². The molecule has 25 heavy (non-hydrogen) atoms. The number of ether oxygens (including phenoxy) is 1. The Balaban J connectivity index is 2.85. The highest BCUT2D eigenvalue weighted by Gasteiger charge is 2.19. The van der Waals surface area contributed by atoms with Gasteiger partial charge in [0.15, 0.2) is 0 Å². The van der Waals surface area contributed by atoms with E-state index >= 15 is 0 Å². The topological polar surface area (TPSA) is 81.7 Å². The van der Waals surface area contributed by atoms with E-state index in [1.54, 1.807) is 26.8 Å². The summed E-state index contributed by atoms with van der Waals surface area (Å²) in [7, 11) is -3.54. The monoisotopic (exact) mass is 433 g/mol. The van der Waals surface area contributed by atoms with Crippen molar-refractivity contribution in [3.05, 3.63) is 46.5 Å². The molecule has 0 radical (unpaired) electrons. The van der Waals surface area contributed by atoms with Crippen LogP contribution >= 0.6 is 15.9 Å². The van der Waals surface area contributed by atoms with Gasteiger partial charge in [0.25, 0.3) is 10.1 Å². The van der Waals surface area contributed by atoms with E-state index in [9.17, 15) is 13.2 Å². The number of carbonyl (C=O) groups excluding carboxylic acids is 1. The molecule has 1 rings (SSSR count). The third kappa shape index (κ3) is 11.0. The minimum absolute atomic E-state index is 0.139. The van der Waals surface area contributed by atoms with Crippen LogP contribution < -0.4 is 5.32 Å². The van der Waals surface area contributed by atoms with Crippen LogP contribution in [0.3, 0.4) is 0 Å². The van der Waals surface area contributed by atoms with Crippen LogP contribution in [0, 0.1) is 0 Å². The number of nitrogens with one attached hydrogen (secondary N) is 1. The molecule has 0 aliphatic rings. The van der Waals surface area contributed by atoms with Crippen LogP contribution in [0.2, 0.25) is 0 Å². The second-order valence-corrected chi connectivity index (χ2v) is 9.18. The van der Waals surface area contributed by atoms with Gasteiger partial charge in [-0.25, -0.2) is 4.79 Å². The summed E-state index contributed by atoms with van der Waals surface area (Å²) in [6.07, 6.45) is 2.65. The molecule has 140 valence electrons. The van der Waals surface area contributed by atoms with Gasteiger partial charge in [-0.05, 0) is 38.8 Å². The lowest BCUT2D eigenvalue weighted by molar-refractivity contribution is 0.0514. The number of amides is 1. The normalized spacial score (nSPS) is 14.0. The first-order chi connectivity index (χ1) is 11.4. The molecule has 0 heterocycles.